The Morgan fingerprint density at radius 1 is 0.556 bits per heavy atom. The number of fused-ring (bicyclic) bond motifs is 2. The maximum absolute atomic E-state index is 13.8. The Balaban J connectivity index is 1.61. The number of hydrogen-bond donors (Lipinski definition) is 0. The monoisotopic (exact) mass is 474 g/mol. The van der Waals surface area contributed by atoms with Crippen LogP contribution in [0.25, 0.3) is 0 Å². The van der Waals surface area contributed by atoms with Crippen molar-refractivity contribution in [3.05, 3.63) is 129 Å². The summed E-state index contributed by atoms with van der Waals surface area (Å²) in [5.41, 5.74) is 2.79. The van der Waals surface area contributed by atoms with Gasteiger partial charge in [-0.3, -0.25) is 19.2 Å². The quantitative estimate of drug-likeness (QED) is 0.448. The second-order valence-electron chi connectivity index (χ2n) is 10.3. The second kappa shape index (κ2) is 7.56. The first-order valence-corrected chi connectivity index (χ1v) is 11.8. The third-order valence-electron chi connectivity index (χ3n) is 7.12. The molecule has 0 amide bonds. The van der Waals surface area contributed by atoms with Crippen LogP contribution in [-0.2, 0) is 10.2 Å². The minimum Gasteiger partial charge on any atom is -0.448 e. The van der Waals surface area contributed by atoms with Crippen molar-refractivity contribution in [2.75, 3.05) is 0 Å². The van der Waals surface area contributed by atoms with Crippen molar-refractivity contribution in [3.8, 4) is 0 Å². The van der Waals surface area contributed by atoms with Crippen LogP contribution in [0.1, 0.15) is 79.2 Å². The fourth-order valence-electron chi connectivity index (χ4n) is 5.23. The molecule has 3 aliphatic rings. The van der Waals surface area contributed by atoms with Crippen molar-refractivity contribution in [3.63, 3.8) is 0 Å². The molecule has 2 aliphatic carbocycles. The molecule has 1 aliphatic heterocycles. The van der Waals surface area contributed by atoms with E-state index in [1.165, 1.54) is 0 Å². The number of rotatable bonds is 1. The largest absolute Gasteiger partial charge is 0.448 e. The topological polar surface area (TPSA) is 77.5 Å². The fraction of sp³-hybridized carbons (Fsp3) is 0.161. The first kappa shape index (κ1) is 22.1. The van der Waals surface area contributed by atoms with Gasteiger partial charge in [0, 0.05) is 28.2 Å². The summed E-state index contributed by atoms with van der Waals surface area (Å²) in [6.45, 7) is 6.29. The first-order valence-electron chi connectivity index (χ1n) is 11.8. The molecule has 0 spiro atoms. The molecule has 6 rings (SSSR count). The molecule has 5 heteroatoms. The van der Waals surface area contributed by atoms with Crippen LogP contribution < -0.4 is 0 Å². The van der Waals surface area contributed by atoms with Gasteiger partial charge in [-0.25, -0.2) is 0 Å². The molecule has 3 aromatic carbocycles. The Hall–Kier alpha value is -4.38. The zero-order chi connectivity index (χ0) is 25.4. The van der Waals surface area contributed by atoms with Crippen molar-refractivity contribution in [1.29, 1.82) is 0 Å². The van der Waals surface area contributed by atoms with Gasteiger partial charge >= 0.3 is 0 Å². The minimum absolute atomic E-state index is 0.0986. The van der Waals surface area contributed by atoms with Crippen LogP contribution in [0.4, 0.5) is 0 Å². The molecule has 0 bridgehead atoms. The molecule has 0 saturated carbocycles. The predicted octanol–water partition coefficient (Wildman–Crippen LogP) is 5.76. The van der Waals surface area contributed by atoms with E-state index in [1.807, 2.05) is 24.3 Å². The molecule has 0 N–H and O–H groups in total. The summed E-state index contributed by atoms with van der Waals surface area (Å²) < 4.78 is 5.92. The molecular weight excluding hydrogens is 452 g/mol. The number of ketones is 4. The van der Waals surface area contributed by atoms with Crippen LogP contribution in [0.5, 0.6) is 0 Å². The van der Waals surface area contributed by atoms with Crippen molar-refractivity contribution < 1.29 is 23.9 Å². The van der Waals surface area contributed by atoms with Crippen LogP contribution in [0.15, 0.2) is 95.5 Å². The molecule has 36 heavy (non-hydrogen) atoms. The molecular formula is C31H22O5. The first-order chi connectivity index (χ1) is 17.2. The van der Waals surface area contributed by atoms with Gasteiger partial charge in [-0.2, -0.15) is 0 Å². The molecule has 0 unspecified atom stereocenters. The van der Waals surface area contributed by atoms with Crippen molar-refractivity contribution in [2.45, 2.75) is 32.1 Å². The number of carbonyl (C=O) groups excluding carboxylic acids is 4. The highest BCUT2D eigenvalue weighted by molar-refractivity contribution is 6.32. The molecule has 3 aromatic rings. The van der Waals surface area contributed by atoms with E-state index < -0.39 is 17.5 Å². The summed E-state index contributed by atoms with van der Waals surface area (Å²) >= 11 is 0. The Labute approximate surface area is 208 Å². The number of allylic oxidation sites excluding steroid dienone is 4. The molecule has 0 atom stereocenters. The van der Waals surface area contributed by atoms with Gasteiger partial charge < -0.3 is 4.74 Å². The highest BCUT2D eigenvalue weighted by atomic mass is 16.5. The zero-order valence-electron chi connectivity index (χ0n) is 20.0. The number of Topliss-reactive ketones (excluding diaryl/α,β-unsaturated/α-hetero) is 4. The number of benzene rings is 3. The molecule has 0 radical (unpaired) electrons. The van der Waals surface area contributed by atoms with Gasteiger partial charge in [0.15, 0.2) is 23.1 Å². The summed E-state index contributed by atoms with van der Waals surface area (Å²) in [6.07, 6.45) is 0. The molecule has 0 aromatic heterocycles. The fourth-order valence-corrected chi connectivity index (χ4v) is 5.23. The average Bonchev–Trinajstić information content (AvgIpc) is 2.89. The Morgan fingerprint density at radius 2 is 0.944 bits per heavy atom. The Kier molecular flexibility index (Phi) is 4.64. The van der Waals surface area contributed by atoms with Crippen LogP contribution in [0.3, 0.4) is 0 Å². The summed E-state index contributed by atoms with van der Waals surface area (Å²) in [7, 11) is 0. The molecule has 1 heterocycles. The lowest BCUT2D eigenvalue weighted by atomic mass is 9.70. The van der Waals surface area contributed by atoms with Gasteiger partial charge in [0.1, 0.15) is 0 Å². The summed E-state index contributed by atoms with van der Waals surface area (Å²) in [6, 6.07) is 20.7. The highest BCUT2D eigenvalue weighted by Crippen LogP contribution is 2.48. The normalized spacial score (nSPS) is 17.4. The van der Waals surface area contributed by atoms with Crippen molar-refractivity contribution >= 4 is 23.1 Å². The second-order valence-corrected chi connectivity index (χ2v) is 10.3. The maximum Gasteiger partial charge on any atom is 0.229 e. The van der Waals surface area contributed by atoms with Gasteiger partial charge in [-0.05, 0) is 16.5 Å². The van der Waals surface area contributed by atoms with Crippen LogP contribution in [-0.4, -0.2) is 23.1 Å². The van der Waals surface area contributed by atoms with E-state index in [4.69, 9.17) is 4.74 Å². The van der Waals surface area contributed by atoms with Crippen LogP contribution in [0.2, 0.25) is 0 Å². The average molecular weight is 475 g/mol. The van der Waals surface area contributed by atoms with E-state index in [1.54, 1.807) is 48.5 Å². The maximum atomic E-state index is 13.8. The predicted molar refractivity (Wildman–Crippen MR) is 133 cm³/mol. The van der Waals surface area contributed by atoms with E-state index in [9.17, 15) is 19.2 Å². The van der Waals surface area contributed by atoms with Crippen LogP contribution in [0, 0.1) is 0 Å². The third-order valence-corrected chi connectivity index (χ3v) is 7.12. The lowest BCUT2D eigenvalue weighted by Gasteiger charge is -2.35. The van der Waals surface area contributed by atoms with Gasteiger partial charge in [0.05, 0.1) is 11.1 Å². The van der Waals surface area contributed by atoms with Crippen molar-refractivity contribution in [1.82, 2.24) is 0 Å². The number of carbonyl (C=O) groups is 4. The van der Waals surface area contributed by atoms with Gasteiger partial charge in [0.2, 0.25) is 11.6 Å². The summed E-state index contributed by atoms with van der Waals surface area (Å²) in [4.78, 5) is 54.6. The molecule has 176 valence electrons. The van der Waals surface area contributed by atoms with E-state index in [0.29, 0.717) is 5.56 Å². The standard InChI is InChI=1S/C31H22O5/c1-31(2,3)17-14-12-16(13-15-17)22-23-25(32)18-8-4-6-10-20(18)27(34)29(23)36-30-24(22)26(33)19-9-5-7-11-21(19)28(30)35/h4-15,22H,1-3H3. The molecule has 0 fully saturated rings. The van der Waals surface area contributed by atoms with Crippen molar-refractivity contribution in [2.24, 2.45) is 0 Å². The van der Waals surface area contributed by atoms with E-state index in [-0.39, 0.29) is 61.9 Å². The minimum atomic E-state index is -0.910. The molecule has 0 saturated heterocycles. The zero-order valence-corrected chi connectivity index (χ0v) is 20.0. The van der Waals surface area contributed by atoms with E-state index in [2.05, 4.69) is 20.8 Å². The van der Waals surface area contributed by atoms with Crippen LogP contribution >= 0.6 is 0 Å². The van der Waals surface area contributed by atoms with E-state index >= 15 is 0 Å². The van der Waals surface area contributed by atoms with Gasteiger partial charge in [-0.1, -0.05) is 93.6 Å². The highest BCUT2D eigenvalue weighted by Gasteiger charge is 2.49. The smallest absolute Gasteiger partial charge is 0.229 e. The SMILES string of the molecule is CC(C)(C)c1ccc(C2C3=C(OC4=C2C(=O)c2ccccc2C4=O)C(=O)c2ccccc2C3=O)cc1. The van der Waals surface area contributed by atoms with E-state index in [0.717, 1.165) is 5.56 Å². The molecule has 5 nitrogen and oxygen atoms in total. The number of hydrogen-bond acceptors (Lipinski definition) is 5. The summed E-state index contributed by atoms with van der Waals surface area (Å²) in [5, 5.41) is 0. The van der Waals surface area contributed by atoms with Gasteiger partial charge in [0.25, 0.3) is 0 Å². The lowest BCUT2D eigenvalue weighted by molar-refractivity contribution is 0.0822. The number of ether oxygens (including phenoxy) is 1. The Morgan fingerprint density at radius 3 is 1.33 bits per heavy atom. The lowest BCUT2D eigenvalue weighted by Crippen LogP contribution is -2.36. The van der Waals surface area contributed by atoms with Gasteiger partial charge in [-0.15, -0.1) is 0 Å². The summed E-state index contributed by atoms with van der Waals surface area (Å²) in [5.74, 6) is -2.96. The Bertz CT molecular complexity index is 1500. The third kappa shape index (κ3) is 3.02.